The minimum Gasteiger partial charge on any atom is -0.332 e. The summed E-state index contributed by atoms with van der Waals surface area (Å²) in [4.78, 5) is 9.00. The van der Waals surface area contributed by atoms with E-state index in [-0.39, 0.29) is 0 Å². The van der Waals surface area contributed by atoms with E-state index in [1.54, 1.807) is 0 Å². The molecule has 1 aliphatic carbocycles. The van der Waals surface area contributed by atoms with Gasteiger partial charge in [-0.2, -0.15) is 4.98 Å². The van der Waals surface area contributed by atoms with E-state index >= 15 is 0 Å². The van der Waals surface area contributed by atoms with Gasteiger partial charge in [-0.25, -0.2) is 0 Å². The van der Waals surface area contributed by atoms with Crippen molar-refractivity contribution >= 4 is 11.6 Å². The number of hydrogen-bond donors (Lipinski definition) is 0. The Morgan fingerprint density at radius 1 is 1.12 bits per heavy atom. The zero-order chi connectivity index (χ0) is 16.5. The maximum atomic E-state index is 6.07. The second-order valence-corrected chi connectivity index (χ2v) is 6.78. The highest BCUT2D eigenvalue weighted by molar-refractivity contribution is 6.30. The molecule has 0 saturated heterocycles. The Morgan fingerprint density at radius 2 is 1.96 bits per heavy atom. The van der Waals surface area contributed by atoms with Gasteiger partial charge in [-0.15, -0.1) is 0 Å². The third kappa shape index (κ3) is 2.94. The van der Waals surface area contributed by atoms with Gasteiger partial charge in [-0.05, 0) is 55.0 Å². The second-order valence-electron chi connectivity index (χ2n) is 6.34. The molecule has 3 aromatic rings. The Balaban J connectivity index is 1.61. The second kappa shape index (κ2) is 6.36. The first-order valence-corrected chi connectivity index (χ1v) is 8.65. The molecule has 0 N–H and O–H groups in total. The van der Waals surface area contributed by atoms with Gasteiger partial charge in [-0.3, -0.25) is 4.98 Å². The Hall–Kier alpha value is -2.20. The van der Waals surface area contributed by atoms with Crippen molar-refractivity contribution in [3.8, 4) is 23.0 Å². The molecule has 0 aliphatic heterocycles. The summed E-state index contributed by atoms with van der Waals surface area (Å²) in [7, 11) is 0. The summed E-state index contributed by atoms with van der Waals surface area (Å²) in [6.07, 6.45) is 7.11. The fourth-order valence-corrected chi connectivity index (χ4v) is 3.48. The Bertz CT molecular complexity index is 851. The standard InChI is InChI=1S/C19H18ClN3O/c1-12-6-8-15(20)10-16(12)18-22-19(24-23-18)17-9-7-14(11-21-17)13-4-2-3-5-13/h6-11,13H,2-5H2,1H3. The lowest BCUT2D eigenvalue weighted by Crippen LogP contribution is -1.94. The van der Waals surface area contributed by atoms with Crippen molar-refractivity contribution in [2.45, 2.75) is 38.5 Å². The zero-order valence-corrected chi connectivity index (χ0v) is 14.3. The van der Waals surface area contributed by atoms with E-state index in [1.807, 2.05) is 37.4 Å². The molecular weight excluding hydrogens is 322 g/mol. The van der Waals surface area contributed by atoms with E-state index in [9.17, 15) is 0 Å². The summed E-state index contributed by atoms with van der Waals surface area (Å²) in [5.41, 5.74) is 3.94. The molecular formula is C19H18ClN3O. The lowest BCUT2D eigenvalue weighted by Gasteiger charge is -2.08. The van der Waals surface area contributed by atoms with Crippen LogP contribution in [0.3, 0.4) is 0 Å². The van der Waals surface area contributed by atoms with Gasteiger partial charge in [0.1, 0.15) is 5.69 Å². The average Bonchev–Trinajstić information content (AvgIpc) is 3.29. The molecule has 2 aromatic heterocycles. The molecule has 0 unspecified atom stereocenters. The Morgan fingerprint density at radius 3 is 2.71 bits per heavy atom. The number of pyridine rings is 1. The first kappa shape index (κ1) is 15.3. The molecule has 1 saturated carbocycles. The number of aryl methyl sites for hydroxylation is 1. The molecule has 24 heavy (non-hydrogen) atoms. The predicted octanol–water partition coefficient (Wildman–Crippen LogP) is 5.42. The average molecular weight is 340 g/mol. The summed E-state index contributed by atoms with van der Waals surface area (Å²) in [5.74, 6) is 1.62. The van der Waals surface area contributed by atoms with Crippen LogP contribution in [0.1, 0.15) is 42.7 Å². The quantitative estimate of drug-likeness (QED) is 0.639. The number of halogens is 1. The lowest BCUT2D eigenvalue weighted by atomic mass is 9.99. The van der Waals surface area contributed by atoms with Crippen molar-refractivity contribution in [3.05, 3.63) is 52.7 Å². The van der Waals surface area contributed by atoms with Crippen molar-refractivity contribution in [2.24, 2.45) is 0 Å². The molecule has 0 bridgehead atoms. The molecule has 0 spiro atoms. The molecule has 1 aromatic carbocycles. The molecule has 0 amide bonds. The van der Waals surface area contributed by atoms with Crippen molar-refractivity contribution in [1.29, 1.82) is 0 Å². The minimum atomic E-state index is 0.433. The van der Waals surface area contributed by atoms with Crippen molar-refractivity contribution in [1.82, 2.24) is 15.1 Å². The van der Waals surface area contributed by atoms with E-state index in [4.69, 9.17) is 16.1 Å². The molecule has 122 valence electrons. The molecule has 2 heterocycles. The highest BCUT2D eigenvalue weighted by atomic mass is 35.5. The third-order valence-corrected chi connectivity index (χ3v) is 4.93. The van der Waals surface area contributed by atoms with Crippen LogP contribution in [0, 0.1) is 6.92 Å². The van der Waals surface area contributed by atoms with Crippen molar-refractivity contribution in [3.63, 3.8) is 0 Å². The molecule has 0 atom stereocenters. The Kier molecular flexibility index (Phi) is 4.07. The van der Waals surface area contributed by atoms with E-state index in [0.29, 0.717) is 28.3 Å². The smallest absolute Gasteiger partial charge is 0.276 e. The van der Waals surface area contributed by atoms with E-state index in [0.717, 1.165) is 11.1 Å². The molecule has 5 heteroatoms. The molecule has 0 radical (unpaired) electrons. The summed E-state index contributed by atoms with van der Waals surface area (Å²) in [6.45, 7) is 2.00. The molecule has 1 aliphatic rings. The van der Waals surface area contributed by atoms with Crippen LogP contribution in [0.25, 0.3) is 23.0 Å². The van der Waals surface area contributed by atoms with Gasteiger partial charge >= 0.3 is 0 Å². The van der Waals surface area contributed by atoms with Crippen LogP contribution < -0.4 is 0 Å². The van der Waals surface area contributed by atoms with Crippen LogP contribution in [-0.4, -0.2) is 15.1 Å². The number of benzene rings is 1. The topological polar surface area (TPSA) is 51.8 Å². The maximum absolute atomic E-state index is 6.07. The summed E-state index contributed by atoms with van der Waals surface area (Å²) in [6, 6.07) is 9.75. The first-order valence-electron chi connectivity index (χ1n) is 8.27. The lowest BCUT2D eigenvalue weighted by molar-refractivity contribution is 0.431. The SMILES string of the molecule is Cc1ccc(Cl)cc1-c1noc(-c2ccc(C3CCCC3)cn2)n1. The van der Waals surface area contributed by atoms with Gasteiger partial charge < -0.3 is 4.52 Å². The molecule has 4 nitrogen and oxygen atoms in total. The van der Waals surface area contributed by atoms with Gasteiger partial charge in [0.2, 0.25) is 5.82 Å². The van der Waals surface area contributed by atoms with E-state index < -0.39 is 0 Å². The molecule has 1 fully saturated rings. The van der Waals surface area contributed by atoms with Crippen molar-refractivity contribution < 1.29 is 4.52 Å². The van der Waals surface area contributed by atoms with Crippen LogP contribution in [0.4, 0.5) is 0 Å². The van der Waals surface area contributed by atoms with Gasteiger partial charge in [0.25, 0.3) is 5.89 Å². The molecule has 4 rings (SSSR count). The van der Waals surface area contributed by atoms with Crippen LogP contribution in [0.15, 0.2) is 41.1 Å². The number of rotatable bonds is 3. The van der Waals surface area contributed by atoms with Gasteiger partial charge in [0.15, 0.2) is 0 Å². The number of hydrogen-bond acceptors (Lipinski definition) is 4. The van der Waals surface area contributed by atoms with Crippen LogP contribution in [-0.2, 0) is 0 Å². The monoisotopic (exact) mass is 339 g/mol. The van der Waals surface area contributed by atoms with Crippen LogP contribution in [0.2, 0.25) is 5.02 Å². The summed E-state index contributed by atoms with van der Waals surface area (Å²) >= 11 is 6.07. The predicted molar refractivity (Wildman–Crippen MR) is 93.9 cm³/mol. The fourth-order valence-electron chi connectivity index (χ4n) is 3.30. The van der Waals surface area contributed by atoms with Gasteiger partial charge in [0, 0.05) is 16.8 Å². The first-order chi connectivity index (χ1) is 11.7. The highest BCUT2D eigenvalue weighted by Crippen LogP contribution is 2.34. The fraction of sp³-hybridized carbons (Fsp3) is 0.316. The van der Waals surface area contributed by atoms with Crippen LogP contribution >= 0.6 is 11.6 Å². The van der Waals surface area contributed by atoms with Gasteiger partial charge in [-0.1, -0.05) is 41.7 Å². The number of aromatic nitrogens is 3. The number of nitrogens with zero attached hydrogens (tertiary/aromatic N) is 3. The van der Waals surface area contributed by atoms with Crippen molar-refractivity contribution in [2.75, 3.05) is 0 Å². The van der Waals surface area contributed by atoms with Gasteiger partial charge in [0.05, 0.1) is 0 Å². The van der Waals surface area contributed by atoms with E-state index in [1.165, 1.54) is 31.2 Å². The van der Waals surface area contributed by atoms with E-state index in [2.05, 4.69) is 21.2 Å². The minimum absolute atomic E-state index is 0.433. The largest absolute Gasteiger partial charge is 0.332 e. The highest BCUT2D eigenvalue weighted by Gasteiger charge is 2.18. The normalized spacial score (nSPS) is 15.1. The van der Waals surface area contributed by atoms with Crippen LogP contribution in [0.5, 0.6) is 0 Å². The third-order valence-electron chi connectivity index (χ3n) is 4.70. The zero-order valence-electron chi connectivity index (χ0n) is 13.5. The maximum Gasteiger partial charge on any atom is 0.276 e. The summed E-state index contributed by atoms with van der Waals surface area (Å²) < 4.78 is 5.40. The summed E-state index contributed by atoms with van der Waals surface area (Å²) in [5, 5.41) is 4.73. The Labute approximate surface area is 145 Å².